The van der Waals surface area contributed by atoms with E-state index in [9.17, 15) is 5.11 Å². The van der Waals surface area contributed by atoms with Gasteiger partial charge in [0.15, 0.2) is 0 Å². The SMILES string of the molecule is CC(C)[Si](O[C@H]1[C@H](C)C=C(c2ccncc2N)O[C@@H]1CO)(C(C)C)C(C)C. The monoisotopic (exact) mass is 392 g/mol. The number of aliphatic hydroxyl groups excluding tert-OH is 1. The predicted molar refractivity (Wildman–Crippen MR) is 114 cm³/mol. The normalized spacial score (nSPS) is 23.7. The Morgan fingerprint density at radius 3 is 2.26 bits per heavy atom. The van der Waals surface area contributed by atoms with Crippen LogP contribution in [-0.4, -0.2) is 37.2 Å². The van der Waals surface area contributed by atoms with Gasteiger partial charge in [-0.25, -0.2) is 0 Å². The summed E-state index contributed by atoms with van der Waals surface area (Å²) in [5, 5.41) is 10.1. The second-order valence-corrected chi connectivity index (χ2v) is 14.0. The Morgan fingerprint density at radius 2 is 1.78 bits per heavy atom. The molecule has 0 aliphatic carbocycles. The zero-order chi connectivity index (χ0) is 20.4. The lowest BCUT2D eigenvalue weighted by Gasteiger charge is -2.48. The summed E-state index contributed by atoms with van der Waals surface area (Å²) in [4.78, 5) is 4.04. The third-order valence-electron chi connectivity index (χ3n) is 5.92. The summed E-state index contributed by atoms with van der Waals surface area (Å²) in [5.74, 6) is 0.814. The van der Waals surface area contributed by atoms with E-state index in [1.54, 1.807) is 12.4 Å². The zero-order valence-corrected chi connectivity index (χ0v) is 18.8. The molecule has 0 radical (unpaired) electrons. The van der Waals surface area contributed by atoms with Crippen LogP contribution < -0.4 is 5.73 Å². The van der Waals surface area contributed by atoms with Crippen molar-refractivity contribution >= 4 is 19.8 Å². The van der Waals surface area contributed by atoms with Crippen molar-refractivity contribution in [3.63, 3.8) is 0 Å². The van der Waals surface area contributed by atoms with Crippen LogP contribution in [0.2, 0.25) is 16.6 Å². The second-order valence-electron chi connectivity index (χ2n) is 8.59. The van der Waals surface area contributed by atoms with Gasteiger partial charge in [0.25, 0.3) is 0 Å². The summed E-state index contributed by atoms with van der Waals surface area (Å²) >= 11 is 0. The van der Waals surface area contributed by atoms with E-state index >= 15 is 0 Å². The molecular weight excluding hydrogens is 356 g/mol. The first-order valence-corrected chi connectivity index (χ1v) is 12.2. The number of rotatable bonds is 7. The van der Waals surface area contributed by atoms with Crippen LogP contribution in [0.25, 0.3) is 5.76 Å². The first-order chi connectivity index (χ1) is 12.6. The van der Waals surface area contributed by atoms with Gasteiger partial charge >= 0.3 is 0 Å². The number of aromatic nitrogens is 1. The van der Waals surface area contributed by atoms with Crippen molar-refractivity contribution in [3.8, 4) is 0 Å². The highest BCUT2D eigenvalue weighted by Gasteiger charge is 2.49. The van der Waals surface area contributed by atoms with Crippen molar-refractivity contribution < 1.29 is 14.3 Å². The van der Waals surface area contributed by atoms with Gasteiger partial charge in [0.2, 0.25) is 8.32 Å². The van der Waals surface area contributed by atoms with E-state index in [1.807, 2.05) is 6.07 Å². The zero-order valence-electron chi connectivity index (χ0n) is 17.8. The number of hydrogen-bond donors (Lipinski definition) is 2. The number of ether oxygens (including phenoxy) is 1. The topological polar surface area (TPSA) is 77.6 Å². The Morgan fingerprint density at radius 1 is 1.19 bits per heavy atom. The lowest BCUT2D eigenvalue weighted by Crippen LogP contribution is -2.55. The van der Waals surface area contributed by atoms with Crippen molar-refractivity contribution in [1.29, 1.82) is 0 Å². The van der Waals surface area contributed by atoms with E-state index < -0.39 is 14.4 Å². The quantitative estimate of drug-likeness (QED) is 0.664. The summed E-state index contributed by atoms with van der Waals surface area (Å²) in [6, 6.07) is 1.85. The number of nitrogen functional groups attached to an aromatic ring is 1. The average Bonchev–Trinajstić information content (AvgIpc) is 2.59. The third kappa shape index (κ3) is 4.23. The summed E-state index contributed by atoms with van der Waals surface area (Å²) < 4.78 is 13.1. The molecule has 152 valence electrons. The molecule has 0 spiro atoms. The number of pyridine rings is 1. The Hall–Kier alpha value is -1.37. The molecule has 5 nitrogen and oxygen atoms in total. The van der Waals surface area contributed by atoms with E-state index in [0.29, 0.717) is 28.1 Å². The molecule has 3 atom stereocenters. The Balaban J connectivity index is 2.39. The Kier molecular flexibility index (Phi) is 7.11. The molecule has 0 saturated carbocycles. The van der Waals surface area contributed by atoms with Crippen LogP contribution in [0.4, 0.5) is 5.69 Å². The maximum absolute atomic E-state index is 10.1. The van der Waals surface area contributed by atoms with E-state index in [1.165, 1.54) is 0 Å². The molecular formula is C21H36N2O3Si. The number of hydrogen-bond acceptors (Lipinski definition) is 5. The van der Waals surface area contributed by atoms with Crippen LogP contribution in [0.15, 0.2) is 24.5 Å². The van der Waals surface area contributed by atoms with Crippen molar-refractivity contribution in [2.24, 2.45) is 5.92 Å². The molecule has 3 N–H and O–H groups in total. The van der Waals surface area contributed by atoms with Crippen molar-refractivity contribution in [2.45, 2.75) is 77.3 Å². The standard InChI is InChI=1S/C21H36N2O3Si/c1-13(2)27(14(3)4,15(5)6)26-21-16(7)10-19(25-20(21)12-24)17-8-9-23-11-18(17)22/h8-11,13-16,20-21,24H,12,22H2,1-7H3/t16-,20-,21+/m1/s1. The van der Waals surface area contributed by atoms with Gasteiger partial charge in [-0.3, -0.25) is 4.98 Å². The van der Waals surface area contributed by atoms with Gasteiger partial charge in [-0.15, -0.1) is 0 Å². The summed E-state index contributed by atoms with van der Waals surface area (Å²) in [7, 11) is -2.08. The molecule has 0 unspecified atom stereocenters. The van der Waals surface area contributed by atoms with E-state index in [-0.39, 0.29) is 18.6 Å². The van der Waals surface area contributed by atoms with Gasteiger partial charge in [0, 0.05) is 17.7 Å². The summed E-state index contributed by atoms with van der Waals surface area (Å²) in [6.45, 7) is 15.7. The van der Waals surface area contributed by atoms with Crippen LogP contribution in [0.5, 0.6) is 0 Å². The first-order valence-electron chi connectivity index (χ1n) is 10.0. The highest BCUT2D eigenvalue weighted by Crippen LogP contribution is 2.45. The third-order valence-corrected chi connectivity index (χ3v) is 12.0. The number of nitrogens with two attached hydrogens (primary N) is 1. The molecule has 0 amide bonds. The van der Waals surface area contributed by atoms with Crippen LogP contribution in [-0.2, 0) is 9.16 Å². The Bertz CT molecular complexity index is 639. The van der Waals surface area contributed by atoms with Crippen LogP contribution >= 0.6 is 0 Å². The average molecular weight is 393 g/mol. The van der Waals surface area contributed by atoms with Crippen LogP contribution in [0.1, 0.15) is 54.0 Å². The van der Waals surface area contributed by atoms with E-state index in [0.717, 1.165) is 5.56 Å². The van der Waals surface area contributed by atoms with Gasteiger partial charge in [-0.05, 0) is 28.8 Å². The lowest BCUT2D eigenvalue weighted by molar-refractivity contribution is -0.0352. The van der Waals surface area contributed by atoms with Gasteiger partial charge < -0.3 is 20.0 Å². The maximum atomic E-state index is 10.1. The van der Waals surface area contributed by atoms with Crippen molar-refractivity contribution in [1.82, 2.24) is 4.98 Å². The fourth-order valence-electron chi connectivity index (χ4n) is 4.69. The summed E-state index contributed by atoms with van der Waals surface area (Å²) in [5.41, 5.74) is 8.89. The largest absolute Gasteiger partial charge is 0.485 e. The lowest BCUT2D eigenvalue weighted by atomic mass is 9.95. The first kappa shape index (κ1) is 21.9. The van der Waals surface area contributed by atoms with E-state index in [2.05, 4.69) is 59.5 Å². The van der Waals surface area contributed by atoms with Crippen LogP contribution in [0.3, 0.4) is 0 Å². The minimum Gasteiger partial charge on any atom is -0.485 e. The fourth-order valence-corrected chi connectivity index (χ4v) is 10.3. The van der Waals surface area contributed by atoms with E-state index in [4.69, 9.17) is 14.9 Å². The maximum Gasteiger partial charge on any atom is 0.200 e. The summed E-state index contributed by atoms with van der Waals surface area (Å²) in [6.07, 6.45) is 4.82. The molecule has 27 heavy (non-hydrogen) atoms. The number of aliphatic hydroxyl groups is 1. The van der Waals surface area contributed by atoms with Gasteiger partial charge in [-0.2, -0.15) is 0 Å². The van der Waals surface area contributed by atoms with Gasteiger partial charge in [-0.1, -0.05) is 48.5 Å². The molecule has 1 aliphatic rings. The molecule has 0 fully saturated rings. The fraction of sp³-hybridized carbons (Fsp3) is 0.667. The molecule has 0 aromatic carbocycles. The molecule has 0 bridgehead atoms. The molecule has 1 aromatic rings. The predicted octanol–water partition coefficient (Wildman–Crippen LogP) is 4.59. The Labute approximate surface area is 165 Å². The minimum absolute atomic E-state index is 0.0872. The number of nitrogens with zero attached hydrogens (tertiary/aromatic N) is 1. The molecule has 2 rings (SSSR count). The second kappa shape index (κ2) is 8.75. The smallest absolute Gasteiger partial charge is 0.200 e. The minimum atomic E-state index is -2.08. The van der Waals surface area contributed by atoms with Crippen LogP contribution in [0, 0.1) is 5.92 Å². The molecule has 1 aromatic heterocycles. The number of anilines is 1. The molecule has 1 aliphatic heterocycles. The molecule has 0 saturated heterocycles. The highest BCUT2D eigenvalue weighted by molar-refractivity contribution is 6.77. The highest BCUT2D eigenvalue weighted by atomic mass is 28.4. The van der Waals surface area contributed by atoms with Crippen molar-refractivity contribution in [3.05, 3.63) is 30.1 Å². The van der Waals surface area contributed by atoms with Gasteiger partial charge in [0.05, 0.1) is 24.6 Å². The molecule has 6 heteroatoms. The van der Waals surface area contributed by atoms with Gasteiger partial charge in [0.1, 0.15) is 11.9 Å². The van der Waals surface area contributed by atoms with Crippen molar-refractivity contribution in [2.75, 3.05) is 12.3 Å². The molecule has 2 heterocycles.